The summed E-state index contributed by atoms with van der Waals surface area (Å²) in [5.41, 5.74) is 2.87. The van der Waals surface area contributed by atoms with Crippen LogP contribution in [0.5, 0.6) is 0 Å². The van der Waals surface area contributed by atoms with Crippen LogP contribution in [0.15, 0.2) is 48.9 Å². The van der Waals surface area contributed by atoms with Gasteiger partial charge in [-0.05, 0) is 0 Å². The number of aromatic nitrogens is 3. The Morgan fingerprint density at radius 1 is 1.18 bits per heavy atom. The summed E-state index contributed by atoms with van der Waals surface area (Å²) < 4.78 is 1.97. The Hall–Kier alpha value is -2.36. The summed E-state index contributed by atoms with van der Waals surface area (Å²) in [4.78, 5) is 8.83. The molecule has 0 atom stereocenters. The van der Waals surface area contributed by atoms with E-state index in [4.69, 9.17) is 0 Å². The number of nitrogens with zero attached hydrogens (tertiary/aromatic N) is 3. The van der Waals surface area contributed by atoms with Crippen molar-refractivity contribution in [3.8, 4) is 11.3 Å². The van der Waals surface area contributed by atoms with Crippen molar-refractivity contribution < 1.29 is 0 Å². The molecular formula is C13H12N4. The molecule has 2 aromatic heterocycles. The molecule has 84 valence electrons. The SMILES string of the molecule is CNc1nc(-c2ccccc2)cn2ccnc12. The molecule has 3 aromatic rings. The van der Waals surface area contributed by atoms with E-state index in [1.54, 1.807) is 6.20 Å². The van der Waals surface area contributed by atoms with Crippen LogP contribution in [0, 0.1) is 0 Å². The number of anilines is 1. The van der Waals surface area contributed by atoms with Crippen molar-refractivity contribution in [2.24, 2.45) is 0 Å². The van der Waals surface area contributed by atoms with Gasteiger partial charge < -0.3 is 9.72 Å². The van der Waals surface area contributed by atoms with Crippen LogP contribution < -0.4 is 5.32 Å². The molecule has 0 aliphatic carbocycles. The average Bonchev–Trinajstić information content (AvgIpc) is 2.86. The van der Waals surface area contributed by atoms with Crippen molar-refractivity contribution in [3.63, 3.8) is 0 Å². The highest BCUT2D eigenvalue weighted by atomic mass is 15.1. The molecule has 0 spiro atoms. The minimum atomic E-state index is 0.788. The number of hydrogen-bond donors (Lipinski definition) is 1. The summed E-state index contributed by atoms with van der Waals surface area (Å²) in [7, 11) is 1.85. The summed E-state index contributed by atoms with van der Waals surface area (Å²) >= 11 is 0. The quantitative estimate of drug-likeness (QED) is 0.727. The van der Waals surface area contributed by atoms with E-state index < -0.39 is 0 Å². The highest BCUT2D eigenvalue weighted by Crippen LogP contribution is 2.21. The van der Waals surface area contributed by atoms with Gasteiger partial charge in [0.2, 0.25) is 0 Å². The number of imidazole rings is 1. The number of hydrogen-bond acceptors (Lipinski definition) is 3. The van der Waals surface area contributed by atoms with Gasteiger partial charge in [0.15, 0.2) is 11.5 Å². The predicted octanol–water partition coefficient (Wildman–Crippen LogP) is 2.44. The second-order valence-electron chi connectivity index (χ2n) is 3.75. The van der Waals surface area contributed by atoms with Gasteiger partial charge in [0.1, 0.15) is 0 Å². The lowest BCUT2D eigenvalue weighted by molar-refractivity contribution is 1.13. The van der Waals surface area contributed by atoms with E-state index in [-0.39, 0.29) is 0 Å². The zero-order valence-electron chi connectivity index (χ0n) is 9.46. The van der Waals surface area contributed by atoms with Crippen LogP contribution in [-0.4, -0.2) is 21.4 Å². The van der Waals surface area contributed by atoms with Gasteiger partial charge in [-0.3, -0.25) is 0 Å². The summed E-state index contributed by atoms with van der Waals surface area (Å²) in [6.07, 6.45) is 5.68. The smallest absolute Gasteiger partial charge is 0.180 e. The third kappa shape index (κ3) is 1.63. The molecule has 0 fully saturated rings. The van der Waals surface area contributed by atoms with Crippen molar-refractivity contribution in [2.75, 3.05) is 12.4 Å². The number of nitrogens with one attached hydrogen (secondary N) is 1. The number of rotatable bonds is 2. The Balaban J connectivity index is 2.24. The van der Waals surface area contributed by atoms with E-state index in [1.165, 1.54) is 0 Å². The maximum absolute atomic E-state index is 4.57. The van der Waals surface area contributed by atoms with E-state index in [0.717, 1.165) is 22.7 Å². The molecule has 0 saturated carbocycles. The molecule has 4 nitrogen and oxygen atoms in total. The molecule has 0 aliphatic heterocycles. The van der Waals surface area contributed by atoms with E-state index in [9.17, 15) is 0 Å². The van der Waals surface area contributed by atoms with Crippen LogP contribution in [-0.2, 0) is 0 Å². The Morgan fingerprint density at radius 2 is 2.00 bits per heavy atom. The van der Waals surface area contributed by atoms with Gasteiger partial charge in [0.25, 0.3) is 0 Å². The van der Waals surface area contributed by atoms with Crippen LogP contribution in [0.1, 0.15) is 0 Å². The molecule has 4 heteroatoms. The van der Waals surface area contributed by atoms with Gasteiger partial charge in [0, 0.05) is 31.2 Å². The van der Waals surface area contributed by atoms with Crippen LogP contribution in [0.4, 0.5) is 5.82 Å². The highest BCUT2D eigenvalue weighted by Gasteiger charge is 2.06. The fraction of sp³-hybridized carbons (Fsp3) is 0.0769. The molecule has 3 rings (SSSR count). The van der Waals surface area contributed by atoms with Crippen molar-refractivity contribution in [1.82, 2.24) is 14.4 Å². The van der Waals surface area contributed by atoms with Crippen LogP contribution >= 0.6 is 0 Å². The molecule has 17 heavy (non-hydrogen) atoms. The van der Waals surface area contributed by atoms with Gasteiger partial charge in [-0.25, -0.2) is 9.97 Å². The number of fused-ring (bicyclic) bond motifs is 1. The molecule has 1 N–H and O–H groups in total. The molecule has 0 aliphatic rings. The van der Waals surface area contributed by atoms with Gasteiger partial charge in [0.05, 0.1) is 5.69 Å². The first kappa shape index (κ1) is 9.84. The van der Waals surface area contributed by atoms with Crippen molar-refractivity contribution in [3.05, 3.63) is 48.9 Å². The highest BCUT2D eigenvalue weighted by molar-refractivity contribution is 5.68. The molecule has 2 heterocycles. The van der Waals surface area contributed by atoms with Crippen molar-refractivity contribution in [2.45, 2.75) is 0 Å². The summed E-state index contributed by atoms with van der Waals surface area (Å²) in [6, 6.07) is 10.1. The number of benzene rings is 1. The van der Waals surface area contributed by atoms with Crippen molar-refractivity contribution in [1.29, 1.82) is 0 Å². The Morgan fingerprint density at radius 3 is 2.76 bits per heavy atom. The normalized spacial score (nSPS) is 10.6. The zero-order valence-corrected chi connectivity index (χ0v) is 9.46. The molecule has 0 amide bonds. The van der Waals surface area contributed by atoms with E-state index in [1.807, 2.05) is 54.2 Å². The van der Waals surface area contributed by atoms with Gasteiger partial charge >= 0.3 is 0 Å². The zero-order chi connectivity index (χ0) is 11.7. The van der Waals surface area contributed by atoms with Crippen molar-refractivity contribution >= 4 is 11.5 Å². The third-order valence-electron chi connectivity index (χ3n) is 2.68. The lowest BCUT2D eigenvalue weighted by Gasteiger charge is -2.06. The van der Waals surface area contributed by atoms with Crippen LogP contribution in [0.25, 0.3) is 16.9 Å². The van der Waals surface area contributed by atoms with E-state index in [2.05, 4.69) is 15.3 Å². The molecule has 0 saturated heterocycles. The Kier molecular flexibility index (Phi) is 2.26. The third-order valence-corrected chi connectivity index (χ3v) is 2.68. The van der Waals surface area contributed by atoms with Gasteiger partial charge in [-0.1, -0.05) is 30.3 Å². The maximum atomic E-state index is 4.57. The predicted molar refractivity (Wildman–Crippen MR) is 68.0 cm³/mol. The van der Waals surface area contributed by atoms with Gasteiger partial charge in [-0.2, -0.15) is 0 Å². The maximum Gasteiger partial charge on any atom is 0.180 e. The summed E-state index contributed by atoms with van der Waals surface area (Å²) in [5.74, 6) is 0.788. The fourth-order valence-corrected chi connectivity index (χ4v) is 1.85. The molecule has 0 unspecified atom stereocenters. The first-order valence-electron chi connectivity index (χ1n) is 5.45. The fourth-order valence-electron chi connectivity index (χ4n) is 1.85. The molecule has 1 aromatic carbocycles. The largest absolute Gasteiger partial charge is 0.370 e. The topological polar surface area (TPSA) is 42.2 Å². The second kappa shape index (κ2) is 3.90. The van der Waals surface area contributed by atoms with Crippen LogP contribution in [0.3, 0.4) is 0 Å². The standard InChI is InChI=1S/C13H12N4/c1-14-12-13-15-7-8-17(13)9-11(16-12)10-5-3-2-4-6-10/h2-9H,1H3,(H,14,16). The lowest BCUT2D eigenvalue weighted by atomic mass is 10.2. The molecule has 0 radical (unpaired) electrons. The Labute approximate surface area is 99.0 Å². The Bertz CT molecular complexity index is 643. The average molecular weight is 224 g/mol. The van der Waals surface area contributed by atoms with Crippen LogP contribution in [0.2, 0.25) is 0 Å². The van der Waals surface area contributed by atoms with E-state index in [0.29, 0.717) is 0 Å². The first-order chi connectivity index (χ1) is 8.38. The van der Waals surface area contributed by atoms with Gasteiger partial charge in [-0.15, -0.1) is 0 Å². The first-order valence-corrected chi connectivity index (χ1v) is 5.45. The summed E-state index contributed by atoms with van der Waals surface area (Å²) in [5, 5.41) is 3.07. The molecular weight excluding hydrogens is 212 g/mol. The summed E-state index contributed by atoms with van der Waals surface area (Å²) in [6.45, 7) is 0. The van der Waals surface area contributed by atoms with E-state index >= 15 is 0 Å². The minimum absolute atomic E-state index is 0.788. The minimum Gasteiger partial charge on any atom is -0.370 e. The monoisotopic (exact) mass is 224 g/mol. The lowest BCUT2D eigenvalue weighted by Crippen LogP contribution is -1.99. The molecule has 0 bridgehead atoms. The second-order valence-corrected chi connectivity index (χ2v) is 3.75.